The molecule has 0 unspecified atom stereocenters. The van der Waals surface area contributed by atoms with Crippen molar-refractivity contribution in [2.24, 2.45) is 0 Å². The molecule has 1 heterocycles. The van der Waals surface area contributed by atoms with Crippen LogP contribution in [0.25, 0.3) is 16.8 Å². The second-order valence-corrected chi connectivity index (χ2v) is 3.31. The van der Waals surface area contributed by atoms with Gasteiger partial charge in [0.25, 0.3) is 0 Å². The van der Waals surface area contributed by atoms with Crippen LogP contribution in [0.15, 0.2) is 42.7 Å². The van der Waals surface area contributed by atoms with Crippen LogP contribution in [-0.4, -0.2) is 18.1 Å². The first kappa shape index (κ1) is 10.4. The fraction of sp³-hybridized carbons (Fsp3) is 0.0769. The van der Waals surface area contributed by atoms with Crippen molar-refractivity contribution in [3.05, 3.63) is 48.3 Å². The number of aromatic nitrogens is 1. The van der Waals surface area contributed by atoms with Crippen molar-refractivity contribution >= 4 is 22.8 Å². The first-order valence-electron chi connectivity index (χ1n) is 4.90. The molecule has 80 valence electrons. The zero-order valence-corrected chi connectivity index (χ0v) is 8.88. The number of rotatable bonds is 2. The van der Waals surface area contributed by atoms with E-state index in [-0.39, 0.29) is 5.97 Å². The summed E-state index contributed by atoms with van der Waals surface area (Å²) in [6, 6.07) is 7.89. The molecule has 0 bridgehead atoms. The third-order valence-corrected chi connectivity index (χ3v) is 2.30. The number of nitrogens with zero attached hydrogens (tertiary/aromatic N) is 1. The van der Waals surface area contributed by atoms with Gasteiger partial charge in [0.2, 0.25) is 0 Å². The normalized spacial score (nSPS) is 10.8. The number of pyridine rings is 1. The Morgan fingerprint density at radius 3 is 2.94 bits per heavy atom. The molecule has 0 aliphatic heterocycles. The zero-order chi connectivity index (χ0) is 11.4. The number of esters is 1. The van der Waals surface area contributed by atoms with Crippen LogP contribution in [0.1, 0.15) is 5.56 Å². The topological polar surface area (TPSA) is 39.2 Å². The van der Waals surface area contributed by atoms with E-state index in [1.165, 1.54) is 13.2 Å². The number of ether oxygens (including phenoxy) is 1. The molecule has 0 aliphatic carbocycles. The molecule has 1 aromatic heterocycles. The largest absolute Gasteiger partial charge is 0.466 e. The van der Waals surface area contributed by atoms with Gasteiger partial charge in [0.15, 0.2) is 0 Å². The van der Waals surface area contributed by atoms with E-state index < -0.39 is 0 Å². The van der Waals surface area contributed by atoms with E-state index in [1.54, 1.807) is 18.5 Å². The van der Waals surface area contributed by atoms with Gasteiger partial charge < -0.3 is 4.74 Å². The fourth-order valence-electron chi connectivity index (χ4n) is 1.50. The summed E-state index contributed by atoms with van der Waals surface area (Å²) in [5.41, 5.74) is 0.906. The maximum Gasteiger partial charge on any atom is 0.330 e. The number of hydrogen-bond donors (Lipinski definition) is 0. The average Bonchev–Trinajstić information content (AvgIpc) is 2.35. The van der Waals surface area contributed by atoms with Gasteiger partial charge in [-0.3, -0.25) is 4.98 Å². The summed E-state index contributed by atoms with van der Waals surface area (Å²) in [5, 5.41) is 2.12. The van der Waals surface area contributed by atoms with E-state index in [0.29, 0.717) is 0 Å². The monoisotopic (exact) mass is 213 g/mol. The third kappa shape index (κ3) is 2.08. The van der Waals surface area contributed by atoms with Gasteiger partial charge in [0.1, 0.15) is 0 Å². The van der Waals surface area contributed by atoms with Crippen LogP contribution >= 0.6 is 0 Å². The molecule has 2 aromatic rings. The van der Waals surface area contributed by atoms with Crippen molar-refractivity contribution in [2.75, 3.05) is 7.11 Å². The highest BCUT2D eigenvalue weighted by molar-refractivity contribution is 5.94. The molecule has 0 fully saturated rings. The molecular formula is C13H11NO2. The SMILES string of the molecule is COC(=O)C=Cc1cncc2ccccc12. The van der Waals surface area contributed by atoms with E-state index in [2.05, 4.69) is 9.72 Å². The Balaban J connectivity index is 2.45. The van der Waals surface area contributed by atoms with Crippen LogP contribution in [0, 0.1) is 0 Å². The van der Waals surface area contributed by atoms with Crippen molar-refractivity contribution in [1.82, 2.24) is 4.98 Å². The Kier molecular flexibility index (Phi) is 2.96. The van der Waals surface area contributed by atoms with Crippen LogP contribution in [0.5, 0.6) is 0 Å². The maximum atomic E-state index is 11.0. The van der Waals surface area contributed by atoms with Gasteiger partial charge in [0, 0.05) is 29.4 Å². The summed E-state index contributed by atoms with van der Waals surface area (Å²) in [4.78, 5) is 15.1. The molecule has 0 aliphatic rings. The first-order valence-corrected chi connectivity index (χ1v) is 4.90. The van der Waals surface area contributed by atoms with E-state index in [0.717, 1.165) is 16.3 Å². The third-order valence-electron chi connectivity index (χ3n) is 2.30. The van der Waals surface area contributed by atoms with E-state index in [9.17, 15) is 4.79 Å². The molecule has 1 aromatic carbocycles. The minimum Gasteiger partial charge on any atom is -0.466 e. The molecule has 0 spiro atoms. The number of carbonyl (C=O) groups excluding carboxylic acids is 1. The van der Waals surface area contributed by atoms with Crippen LogP contribution in [0.2, 0.25) is 0 Å². The predicted octanol–water partition coefficient (Wildman–Crippen LogP) is 2.42. The van der Waals surface area contributed by atoms with Gasteiger partial charge in [-0.05, 0) is 11.5 Å². The molecule has 2 rings (SSSR count). The lowest BCUT2D eigenvalue weighted by Gasteiger charge is -2.00. The minimum absolute atomic E-state index is 0.368. The average molecular weight is 213 g/mol. The van der Waals surface area contributed by atoms with Crippen LogP contribution in [-0.2, 0) is 9.53 Å². The van der Waals surface area contributed by atoms with Crippen LogP contribution < -0.4 is 0 Å². The Labute approximate surface area is 93.4 Å². The maximum absolute atomic E-state index is 11.0. The molecule has 0 amide bonds. The Morgan fingerprint density at radius 1 is 1.31 bits per heavy atom. The van der Waals surface area contributed by atoms with Gasteiger partial charge >= 0.3 is 5.97 Å². The van der Waals surface area contributed by atoms with Crippen molar-refractivity contribution < 1.29 is 9.53 Å². The second-order valence-electron chi connectivity index (χ2n) is 3.31. The van der Waals surface area contributed by atoms with Gasteiger partial charge in [0.05, 0.1) is 7.11 Å². The number of benzene rings is 1. The lowest BCUT2D eigenvalue weighted by Crippen LogP contribution is -1.93. The van der Waals surface area contributed by atoms with E-state index in [4.69, 9.17) is 0 Å². The van der Waals surface area contributed by atoms with Crippen molar-refractivity contribution in [2.45, 2.75) is 0 Å². The summed E-state index contributed by atoms with van der Waals surface area (Å²) in [6.07, 6.45) is 6.62. The molecule has 16 heavy (non-hydrogen) atoms. The highest BCUT2D eigenvalue weighted by atomic mass is 16.5. The molecular weight excluding hydrogens is 202 g/mol. The fourth-order valence-corrected chi connectivity index (χ4v) is 1.50. The number of carbonyl (C=O) groups is 1. The zero-order valence-electron chi connectivity index (χ0n) is 8.88. The van der Waals surface area contributed by atoms with E-state index in [1.807, 2.05) is 24.3 Å². The van der Waals surface area contributed by atoms with Gasteiger partial charge in [-0.1, -0.05) is 24.3 Å². The summed E-state index contributed by atoms with van der Waals surface area (Å²) in [6.45, 7) is 0. The first-order chi connectivity index (χ1) is 7.81. The number of fused-ring (bicyclic) bond motifs is 1. The number of methoxy groups -OCH3 is 1. The highest BCUT2D eigenvalue weighted by Gasteiger charge is 1.98. The lowest BCUT2D eigenvalue weighted by molar-refractivity contribution is -0.134. The smallest absolute Gasteiger partial charge is 0.330 e. The summed E-state index contributed by atoms with van der Waals surface area (Å²) in [5.74, 6) is -0.368. The summed E-state index contributed by atoms with van der Waals surface area (Å²) < 4.78 is 4.54. The Hall–Kier alpha value is -2.16. The quantitative estimate of drug-likeness (QED) is 0.568. The van der Waals surface area contributed by atoms with Gasteiger partial charge in [-0.25, -0.2) is 4.79 Å². The van der Waals surface area contributed by atoms with Gasteiger partial charge in [-0.15, -0.1) is 0 Å². The highest BCUT2D eigenvalue weighted by Crippen LogP contribution is 2.17. The molecule has 3 heteroatoms. The number of hydrogen-bond acceptors (Lipinski definition) is 3. The van der Waals surface area contributed by atoms with Crippen molar-refractivity contribution in [1.29, 1.82) is 0 Å². The molecule has 0 N–H and O–H groups in total. The molecule has 0 saturated carbocycles. The lowest BCUT2D eigenvalue weighted by atomic mass is 10.1. The Morgan fingerprint density at radius 2 is 2.12 bits per heavy atom. The molecule has 0 saturated heterocycles. The van der Waals surface area contributed by atoms with Gasteiger partial charge in [-0.2, -0.15) is 0 Å². The minimum atomic E-state index is -0.368. The van der Waals surface area contributed by atoms with Crippen molar-refractivity contribution in [3.8, 4) is 0 Å². The summed E-state index contributed by atoms with van der Waals surface area (Å²) in [7, 11) is 1.36. The summed E-state index contributed by atoms with van der Waals surface area (Å²) >= 11 is 0. The van der Waals surface area contributed by atoms with Crippen molar-refractivity contribution in [3.63, 3.8) is 0 Å². The second kappa shape index (κ2) is 4.57. The molecule has 3 nitrogen and oxygen atoms in total. The molecule has 0 radical (unpaired) electrons. The standard InChI is InChI=1S/C13H11NO2/c1-16-13(15)7-6-11-9-14-8-10-4-2-3-5-12(10)11/h2-9H,1H3. The predicted molar refractivity (Wildman–Crippen MR) is 62.8 cm³/mol. The Bertz CT molecular complexity index is 541. The molecule has 0 atom stereocenters. The van der Waals surface area contributed by atoms with Crippen LogP contribution in [0.3, 0.4) is 0 Å². The van der Waals surface area contributed by atoms with E-state index >= 15 is 0 Å². The van der Waals surface area contributed by atoms with Crippen LogP contribution in [0.4, 0.5) is 0 Å².